The Labute approximate surface area is 159 Å². The number of aryl methyl sites for hydroxylation is 2. The monoisotopic (exact) mass is 388 g/mol. The van der Waals surface area contributed by atoms with Gasteiger partial charge in [-0.2, -0.15) is 9.78 Å². The molecule has 3 rings (SSSR count). The summed E-state index contributed by atoms with van der Waals surface area (Å²) in [6.07, 6.45) is 1.41. The van der Waals surface area contributed by atoms with Gasteiger partial charge in [0, 0.05) is 11.5 Å². The number of nitrogens with zero attached hydrogens (tertiary/aromatic N) is 3. The second-order valence-electron chi connectivity index (χ2n) is 6.51. The first-order chi connectivity index (χ1) is 12.8. The Morgan fingerprint density at radius 1 is 1.22 bits per heavy atom. The Bertz CT molecular complexity index is 1070. The highest BCUT2D eigenvalue weighted by Gasteiger charge is 2.17. The van der Waals surface area contributed by atoms with Crippen molar-refractivity contribution in [2.45, 2.75) is 33.6 Å². The first kappa shape index (κ1) is 19.2. The number of para-hydroxylation sites is 1. The third kappa shape index (κ3) is 4.05. The van der Waals surface area contributed by atoms with Crippen molar-refractivity contribution in [1.29, 1.82) is 0 Å². The number of ether oxygens (including phenoxy) is 1. The third-order valence-corrected chi connectivity index (χ3v) is 5.64. The summed E-state index contributed by atoms with van der Waals surface area (Å²) in [4.78, 5) is 4.68. The Kier molecular flexibility index (Phi) is 5.36. The number of nitrogens with one attached hydrogen (secondary N) is 1. The second-order valence-corrected chi connectivity index (χ2v) is 8.35. The number of anilines is 1. The molecule has 8 heteroatoms. The van der Waals surface area contributed by atoms with Gasteiger partial charge in [0.1, 0.15) is 17.1 Å². The van der Waals surface area contributed by atoms with Crippen molar-refractivity contribution in [3.05, 3.63) is 41.6 Å². The van der Waals surface area contributed by atoms with Gasteiger partial charge in [-0.25, -0.2) is 13.4 Å². The molecule has 0 fully saturated rings. The van der Waals surface area contributed by atoms with E-state index in [1.54, 1.807) is 13.2 Å². The van der Waals surface area contributed by atoms with Crippen LogP contribution in [0.5, 0.6) is 5.75 Å². The van der Waals surface area contributed by atoms with Gasteiger partial charge >= 0.3 is 0 Å². The SMILES string of the molecule is CCCCS(=O)(=O)Nc1cc(C)nn1-c1cc(C)c2cccc(OC)c2n1. The van der Waals surface area contributed by atoms with E-state index in [1.165, 1.54) is 4.68 Å². The number of rotatable bonds is 7. The molecule has 3 aromatic rings. The van der Waals surface area contributed by atoms with Crippen molar-refractivity contribution in [2.75, 3.05) is 17.6 Å². The van der Waals surface area contributed by atoms with E-state index < -0.39 is 10.0 Å². The topological polar surface area (TPSA) is 86.1 Å². The molecule has 0 amide bonds. The molecule has 27 heavy (non-hydrogen) atoms. The van der Waals surface area contributed by atoms with Crippen molar-refractivity contribution in [3.8, 4) is 11.6 Å². The molecule has 7 nitrogen and oxygen atoms in total. The molecule has 1 N–H and O–H groups in total. The number of fused-ring (bicyclic) bond motifs is 1. The number of benzene rings is 1. The predicted molar refractivity (Wildman–Crippen MR) is 107 cm³/mol. The minimum Gasteiger partial charge on any atom is -0.494 e. The van der Waals surface area contributed by atoms with E-state index in [9.17, 15) is 8.42 Å². The number of pyridine rings is 1. The van der Waals surface area contributed by atoms with E-state index in [4.69, 9.17) is 4.74 Å². The van der Waals surface area contributed by atoms with Crippen molar-refractivity contribution in [2.24, 2.45) is 0 Å². The second kappa shape index (κ2) is 7.56. The summed E-state index contributed by atoms with van der Waals surface area (Å²) in [7, 11) is -1.84. The van der Waals surface area contributed by atoms with Gasteiger partial charge in [-0.05, 0) is 38.0 Å². The fraction of sp³-hybridized carbons (Fsp3) is 0.368. The normalized spacial score (nSPS) is 11.7. The third-order valence-electron chi connectivity index (χ3n) is 4.29. The Morgan fingerprint density at radius 3 is 2.70 bits per heavy atom. The van der Waals surface area contributed by atoms with Gasteiger partial charge in [-0.1, -0.05) is 25.5 Å². The molecule has 0 spiro atoms. The minimum atomic E-state index is -3.44. The van der Waals surface area contributed by atoms with Crippen molar-refractivity contribution >= 4 is 26.7 Å². The molecule has 0 atom stereocenters. The summed E-state index contributed by atoms with van der Waals surface area (Å²) in [5.41, 5.74) is 2.41. The van der Waals surface area contributed by atoms with Gasteiger partial charge in [-0.15, -0.1) is 0 Å². The first-order valence-corrected chi connectivity index (χ1v) is 10.5. The lowest BCUT2D eigenvalue weighted by Gasteiger charge is -2.13. The molecule has 144 valence electrons. The van der Waals surface area contributed by atoms with Crippen LogP contribution >= 0.6 is 0 Å². The molecule has 1 aromatic carbocycles. The zero-order valence-electron chi connectivity index (χ0n) is 16.0. The predicted octanol–water partition coefficient (Wildman–Crippen LogP) is 3.59. The van der Waals surface area contributed by atoms with Gasteiger partial charge in [-0.3, -0.25) is 4.72 Å². The summed E-state index contributed by atoms with van der Waals surface area (Å²) < 4.78 is 34.3. The van der Waals surface area contributed by atoms with Crippen LogP contribution in [0.15, 0.2) is 30.3 Å². The molecular formula is C19H24N4O3S. The smallest absolute Gasteiger partial charge is 0.233 e. The van der Waals surface area contributed by atoms with Gasteiger partial charge < -0.3 is 4.74 Å². The highest BCUT2D eigenvalue weighted by molar-refractivity contribution is 7.92. The molecule has 0 bridgehead atoms. The van der Waals surface area contributed by atoms with Crippen LogP contribution in [0.4, 0.5) is 5.82 Å². The van der Waals surface area contributed by atoms with Gasteiger partial charge in [0.05, 0.1) is 18.6 Å². The van der Waals surface area contributed by atoms with Crippen LogP contribution in [-0.4, -0.2) is 36.0 Å². The minimum absolute atomic E-state index is 0.0751. The van der Waals surface area contributed by atoms with E-state index in [0.29, 0.717) is 35.0 Å². The molecule has 0 aliphatic rings. The summed E-state index contributed by atoms with van der Waals surface area (Å²) in [5, 5.41) is 5.41. The Hall–Kier alpha value is -2.61. The molecule has 2 heterocycles. The maximum absolute atomic E-state index is 12.3. The maximum Gasteiger partial charge on any atom is 0.233 e. The van der Waals surface area contributed by atoms with Gasteiger partial charge in [0.25, 0.3) is 0 Å². The van der Waals surface area contributed by atoms with Crippen LogP contribution in [0.2, 0.25) is 0 Å². The van der Waals surface area contributed by atoms with E-state index in [2.05, 4.69) is 14.8 Å². The summed E-state index contributed by atoms with van der Waals surface area (Å²) >= 11 is 0. The van der Waals surface area contributed by atoms with Crippen LogP contribution in [0.1, 0.15) is 31.0 Å². The first-order valence-electron chi connectivity index (χ1n) is 8.86. The molecule has 0 aliphatic carbocycles. The van der Waals surface area contributed by atoms with E-state index >= 15 is 0 Å². The number of aromatic nitrogens is 3. The average Bonchev–Trinajstić information content (AvgIpc) is 2.99. The molecule has 0 saturated heterocycles. The van der Waals surface area contributed by atoms with Crippen LogP contribution < -0.4 is 9.46 Å². The fourth-order valence-electron chi connectivity index (χ4n) is 2.94. The molecular weight excluding hydrogens is 364 g/mol. The quantitative estimate of drug-likeness (QED) is 0.668. The summed E-state index contributed by atoms with van der Waals surface area (Å²) in [5.74, 6) is 1.65. The molecule has 0 aliphatic heterocycles. The molecule has 0 radical (unpaired) electrons. The lowest BCUT2D eigenvalue weighted by Crippen LogP contribution is -2.19. The Balaban J connectivity index is 2.10. The zero-order chi connectivity index (χ0) is 19.6. The lowest BCUT2D eigenvalue weighted by molar-refractivity contribution is 0.419. The number of methoxy groups -OCH3 is 1. The largest absolute Gasteiger partial charge is 0.494 e. The Morgan fingerprint density at radius 2 is 2.00 bits per heavy atom. The highest BCUT2D eigenvalue weighted by Crippen LogP contribution is 2.28. The summed E-state index contributed by atoms with van der Waals surface area (Å²) in [6.45, 7) is 5.75. The van der Waals surface area contributed by atoms with E-state index in [-0.39, 0.29) is 5.75 Å². The van der Waals surface area contributed by atoms with Crippen molar-refractivity contribution in [3.63, 3.8) is 0 Å². The molecule has 2 aromatic heterocycles. The fourth-order valence-corrected chi connectivity index (χ4v) is 4.17. The van der Waals surface area contributed by atoms with Crippen LogP contribution in [-0.2, 0) is 10.0 Å². The summed E-state index contributed by atoms with van der Waals surface area (Å²) in [6, 6.07) is 9.33. The van der Waals surface area contributed by atoms with Crippen LogP contribution in [0.25, 0.3) is 16.7 Å². The highest BCUT2D eigenvalue weighted by atomic mass is 32.2. The van der Waals surface area contributed by atoms with Crippen molar-refractivity contribution < 1.29 is 13.2 Å². The van der Waals surface area contributed by atoms with E-state index in [1.807, 2.05) is 45.0 Å². The van der Waals surface area contributed by atoms with E-state index in [0.717, 1.165) is 17.4 Å². The van der Waals surface area contributed by atoms with Crippen LogP contribution in [0.3, 0.4) is 0 Å². The van der Waals surface area contributed by atoms with Gasteiger partial charge in [0.15, 0.2) is 5.82 Å². The standard InChI is InChI=1S/C19H24N4O3S/c1-5-6-10-27(24,25)22-18-12-14(3)21-23(18)17-11-13(2)15-8-7-9-16(26-4)19(15)20-17/h7-9,11-12,22H,5-6,10H2,1-4H3. The van der Waals surface area contributed by atoms with Crippen molar-refractivity contribution in [1.82, 2.24) is 14.8 Å². The van der Waals surface area contributed by atoms with Gasteiger partial charge in [0.2, 0.25) is 10.0 Å². The number of hydrogen-bond donors (Lipinski definition) is 1. The molecule has 0 unspecified atom stereocenters. The lowest BCUT2D eigenvalue weighted by atomic mass is 10.1. The number of unbranched alkanes of at least 4 members (excludes halogenated alkanes) is 1. The zero-order valence-corrected chi connectivity index (χ0v) is 16.8. The maximum atomic E-state index is 12.3. The molecule has 0 saturated carbocycles. The number of sulfonamides is 1. The van der Waals surface area contributed by atoms with Crippen LogP contribution in [0, 0.1) is 13.8 Å². The average molecular weight is 388 g/mol. The number of hydrogen-bond acceptors (Lipinski definition) is 5.